The van der Waals surface area contributed by atoms with E-state index in [9.17, 15) is 4.79 Å². The van der Waals surface area contributed by atoms with Crippen LogP contribution in [-0.2, 0) is 0 Å². The maximum Gasteiger partial charge on any atom is 0.255 e. The second-order valence-electron chi connectivity index (χ2n) is 5.78. The van der Waals surface area contributed by atoms with Gasteiger partial charge < -0.3 is 14.8 Å². The fourth-order valence-corrected chi connectivity index (χ4v) is 2.89. The van der Waals surface area contributed by atoms with Crippen molar-refractivity contribution in [3.63, 3.8) is 0 Å². The van der Waals surface area contributed by atoms with Crippen molar-refractivity contribution in [1.29, 1.82) is 0 Å². The topological polar surface area (TPSA) is 65.4 Å². The number of hydrogen-bond donors (Lipinski definition) is 1. The first-order valence-electron chi connectivity index (χ1n) is 8.21. The largest absolute Gasteiger partial charge is 0.490 e. The standard InChI is InChI=1S/C19H16ClN3O3/c20-15-11-17-18(26-9-3-8-25-17)12-16(15)22-19(24)13-4-1-5-14(10-13)23-7-2-6-21-23/h1-2,4-7,10-12H,3,8-9H2,(H,22,24). The van der Waals surface area contributed by atoms with E-state index < -0.39 is 0 Å². The van der Waals surface area contributed by atoms with Crippen LogP contribution < -0.4 is 14.8 Å². The lowest BCUT2D eigenvalue weighted by Gasteiger charge is -2.13. The van der Waals surface area contributed by atoms with Crippen LogP contribution in [0.2, 0.25) is 5.02 Å². The van der Waals surface area contributed by atoms with Crippen LogP contribution in [0.3, 0.4) is 0 Å². The molecule has 0 saturated carbocycles. The van der Waals surface area contributed by atoms with Crippen molar-refractivity contribution in [1.82, 2.24) is 9.78 Å². The summed E-state index contributed by atoms with van der Waals surface area (Å²) in [5, 5.41) is 7.40. The third-order valence-corrected chi connectivity index (χ3v) is 4.28. The average Bonchev–Trinajstić information content (AvgIpc) is 3.10. The maximum atomic E-state index is 12.7. The predicted molar refractivity (Wildman–Crippen MR) is 98.6 cm³/mol. The summed E-state index contributed by atoms with van der Waals surface area (Å²) in [4.78, 5) is 12.7. The molecule has 1 aliphatic rings. The van der Waals surface area contributed by atoms with Crippen molar-refractivity contribution in [2.75, 3.05) is 18.5 Å². The second kappa shape index (κ2) is 7.09. The number of fused-ring (bicyclic) bond motifs is 1. The average molecular weight is 370 g/mol. The van der Waals surface area contributed by atoms with Crippen LogP contribution in [0.4, 0.5) is 5.69 Å². The van der Waals surface area contributed by atoms with Gasteiger partial charge in [0, 0.05) is 36.5 Å². The molecule has 1 amide bonds. The lowest BCUT2D eigenvalue weighted by molar-refractivity contribution is 0.102. The van der Waals surface area contributed by atoms with Crippen LogP contribution in [0.25, 0.3) is 5.69 Å². The minimum absolute atomic E-state index is 0.268. The fraction of sp³-hybridized carbons (Fsp3) is 0.158. The Hall–Kier alpha value is -2.99. The molecule has 1 aliphatic heterocycles. The predicted octanol–water partition coefficient (Wildman–Crippen LogP) is 3.94. The van der Waals surface area contributed by atoms with Gasteiger partial charge in [-0.1, -0.05) is 17.7 Å². The molecule has 0 spiro atoms. The third-order valence-electron chi connectivity index (χ3n) is 3.96. The Balaban J connectivity index is 1.59. The van der Waals surface area contributed by atoms with Gasteiger partial charge >= 0.3 is 0 Å². The quantitative estimate of drug-likeness (QED) is 0.759. The first-order chi connectivity index (χ1) is 12.7. The van der Waals surface area contributed by atoms with Gasteiger partial charge in [-0.25, -0.2) is 4.68 Å². The smallest absolute Gasteiger partial charge is 0.255 e. The number of benzene rings is 2. The Morgan fingerprint density at radius 1 is 1.12 bits per heavy atom. The number of hydrogen-bond acceptors (Lipinski definition) is 4. The van der Waals surface area contributed by atoms with Crippen LogP contribution in [-0.4, -0.2) is 28.9 Å². The summed E-state index contributed by atoms with van der Waals surface area (Å²) in [6, 6.07) is 12.4. The van der Waals surface area contributed by atoms with Gasteiger partial charge in [0.25, 0.3) is 5.91 Å². The molecule has 2 aromatic carbocycles. The third kappa shape index (κ3) is 3.36. The lowest BCUT2D eigenvalue weighted by atomic mass is 10.1. The monoisotopic (exact) mass is 369 g/mol. The van der Waals surface area contributed by atoms with Crippen LogP contribution in [0.15, 0.2) is 54.9 Å². The van der Waals surface area contributed by atoms with Gasteiger partial charge in [-0.15, -0.1) is 0 Å². The molecule has 0 aliphatic carbocycles. The molecule has 0 unspecified atom stereocenters. The molecule has 0 saturated heterocycles. The Morgan fingerprint density at radius 2 is 1.92 bits per heavy atom. The van der Waals surface area contributed by atoms with E-state index in [4.69, 9.17) is 21.1 Å². The van der Waals surface area contributed by atoms with E-state index in [0.29, 0.717) is 41.0 Å². The van der Waals surface area contributed by atoms with Crippen molar-refractivity contribution in [3.8, 4) is 17.2 Å². The fourth-order valence-electron chi connectivity index (χ4n) is 2.69. The van der Waals surface area contributed by atoms with Crippen LogP contribution in [0.5, 0.6) is 11.5 Å². The molecule has 2 heterocycles. The highest BCUT2D eigenvalue weighted by Crippen LogP contribution is 2.37. The molecule has 7 heteroatoms. The van der Waals surface area contributed by atoms with Crippen LogP contribution in [0, 0.1) is 0 Å². The van der Waals surface area contributed by atoms with Crippen molar-refractivity contribution >= 4 is 23.2 Å². The maximum absolute atomic E-state index is 12.7. The van der Waals surface area contributed by atoms with E-state index >= 15 is 0 Å². The highest BCUT2D eigenvalue weighted by atomic mass is 35.5. The number of aromatic nitrogens is 2. The Labute approximate surface area is 155 Å². The SMILES string of the molecule is O=C(Nc1cc2c(cc1Cl)OCCCO2)c1cccc(-n2cccn2)c1. The molecule has 1 N–H and O–H groups in total. The number of amides is 1. The summed E-state index contributed by atoms with van der Waals surface area (Å²) in [6.45, 7) is 1.14. The van der Waals surface area contributed by atoms with Gasteiger partial charge in [0.1, 0.15) is 0 Å². The number of ether oxygens (including phenoxy) is 2. The number of halogens is 1. The molecule has 132 valence electrons. The zero-order chi connectivity index (χ0) is 17.9. The first kappa shape index (κ1) is 16.5. The summed E-state index contributed by atoms with van der Waals surface area (Å²) in [6.07, 6.45) is 4.30. The van der Waals surface area contributed by atoms with Crippen molar-refractivity contribution in [3.05, 3.63) is 65.4 Å². The lowest BCUT2D eigenvalue weighted by Crippen LogP contribution is -2.13. The van der Waals surface area contributed by atoms with Gasteiger partial charge in [-0.05, 0) is 24.3 Å². The molecule has 3 aromatic rings. The number of nitrogens with zero attached hydrogens (tertiary/aromatic N) is 2. The van der Waals surface area contributed by atoms with Gasteiger partial charge in [0.2, 0.25) is 0 Å². The van der Waals surface area contributed by atoms with E-state index in [0.717, 1.165) is 12.1 Å². The molecule has 0 radical (unpaired) electrons. The zero-order valence-corrected chi connectivity index (χ0v) is 14.6. The minimum Gasteiger partial charge on any atom is -0.490 e. The molecule has 0 fully saturated rings. The Bertz CT molecular complexity index is 941. The molecular weight excluding hydrogens is 354 g/mol. The molecule has 0 bridgehead atoms. The van der Waals surface area contributed by atoms with Crippen LogP contribution in [0.1, 0.15) is 16.8 Å². The van der Waals surface area contributed by atoms with E-state index in [2.05, 4.69) is 10.4 Å². The van der Waals surface area contributed by atoms with E-state index in [1.165, 1.54) is 0 Å². The Kier molecular flexibility index (Phi) is 4.50. The normalized spacial score (nSPS) is 13.1. The highest BCUT2D eigenvalue weighted by Gasteiger charge is 2.16. The molecule has 1 aromatic heterocycles. The molecule has 6 nitrogen and oxygen atoms in total. The van der Waals surface area contributed by atoms with Gasteiger partial charge in [-0.3, -0.25) is 4.79 Å². The van der Waals surface area contributed by atoms with Gasteiger partial charge in [0.05, 0.1) is 29.6 Å². The first-order valence-corrected chi connectivity index (χ1v) is 8.59. The van der Waals surface area contributed by atoms with Gasteiger partial charge in [0.15, 0.2) is 11.5 Å². The summed E-state index contributed by atoms with van der Waals surface area (Å²) in [5.41, 5.74) is 1.78. The number of carbonyl (C=O) groups excluding carboxylic acids is 1. The number of anilines is 1. The van der Waals surface area contributed by atoms with Crippen molar-refractivity contribution < 1.29 is 14.3 Å². The number of nitrogens with one attached hydrogen (secondary N) is 1. The van der Waals surface area contributed by atoms with E-state index in [1.54, 1.807) is 35.1 Å². The summed E-state index contributed by atoms with van der Waals surface area (Å²) in [5.74, 6) is 0.897. The molecule has 26 heavy (non-hydrogen) atoms. The van der Waals surface area contributed by atoms with Crippen LogP contribution >= 0.6 is 11.6 Å². The van der Waals surface area contributed by atoms with E-state index in [1.807, 2.05) is 24.4 Å². The molecule has 4 rings (SSSR count). The summed E-state index contributed by atoms with van der Waals surface area (Å²) in [7, 11) is 0. The Morgan fingerprint density at radius 3 is 2.69 bits per heavy atom. The van der Waals surface area contributed by atoms with Crippen molar-refractivity contribution in [2.45, 2.75) is 6.42 Å². The summed E-state index contributed by atoms with van der Waals surface area (Å²) >= 11 is 6.29. The van der Waals surface area contributed by atoms with Crippen molar-refractivity contribution in [2.24, 2.45) is 0 Å². The summed E-state index contributed by atoms with van der Waals surface area (Å²) < 4.78 is 12.9. The number of carbonyl (C=O) groups is 1. The second-order valence-corrected chi connectivity index (χ2v) is 6.19. The zero-order valence-electron chi connectivity index (χ0n) is 13.8. The molecular formula is C19H16ClN3O3. The highest BCUT2D eigenvalue weighted by molar-refractivity contribution is 6.34. The number of rotatable bonds is 3. The molecule has 0 atom stereocenters. The minimum atomic E-state index is -0.268. The van der Waals surface area contributed by atoms with E-state index in [-0.39, 0.29) is 5.91 Å². The van der Waals surface area contributed by atoms with Gasteiger partial charge in [-0.2, -0.15) is 5.10 Å².